The maximum atomic E-state index is 13.8. The second kappa shape index (κ2) is 8.11. The van der Waals surface area contributed by atoms with Crippen molar-refractivity contribution in [3.05, 3.63) is 56.8 Å². The van der Waals surface area contributed by atoms with Crippen LogP contribution >= 0.6 is 27.5 Å². The lowest BCUT2D eigenvalue weighted by molar-refractivity contribution is -0.142. The van der Waals surface area contributed by atoms with Crippen molar-refractivity contribution in [3.8, 4) is 0 Å². The van der Waals surface area contributed by atoms with E-state index >= 15 is 0 Å². The van der Waals surface area contributed by atoms with Gasteiger partial charge < -0.3 is 0 Å². The van der Waals surface area contributed by atoms with Gasteiger partial charge in [-0.05, 0) is 35.0 Å². The topological polar surface area (TPSA) is 77.6 Å². The molecule has 0 saturated carbocycles. The molecule has 2 heterocycles. The molecule has 0 atom stereocenters. The fourth-order valence-corrected chi connectivity index (χ4v) is 3.16. The maximum absolute atomic E-state index is 13.8. The zero-order chi connectivity index (χ0) is 21.3. The Bertz CT molecular complexity index is 1040. The van der Waals surface area contributed by atoms with E-state index in [9.17, 15) is 22.4 Å². The fraction of sp³-hybridized carbons (Fsp3) is 0.250. The average Bonchev–Trinajstić information content (AvgIpc) is 3.17. The molecule has 154 valence electrons. The van der Waals surface area contributed by atoms with Crippen molar-refractivity contribution in [1.82, 2.24) is 24.5 Å². The second-order valence-electron chi connectivity index (χ2n) is 5.92. The van der Waals surface area contributed by atoms with E-state index in [-0.39, 0.29) is 33.2 Å². The smallest absolute Gasteiger partial charge is 0.292 e. The molecule has 29 heavy (non-hydrogen) atoms. The number of nitrogens with zero attached hydrogens (tertiary/aromatic N) is 5. The zero-order valence-electron chi connectivity index (χ0n) is 14.6. The van der Waals surface area contributed by atoms with E-state index in [0.29, 0.717) is 0 Å². The minimum atomic E-state index is -4.65. The third-order valence-corrected chi connectivity index (χ3v) is 5.17. The molecule has 0 aliphatic rings. The molecule has 3 aromatic rings. The fourth-order valence-electron chi connectivity index (χ4n) is 2.43. The van der Waals surface area contributed by atoms with E-state index < -0.39 is 30.1 Å². The standard InChI is InChI=1S/C16H12BrClF4N6O/c1-8-13(17)14(16(20,21)22)25-28(8)6-12(29)24-15-23-7-27(26-15)5-9-10(18)3-2-4-11(9)19/h2-4,7H,5-6H2,1H3,(H,24,26,29). The van der Waals surface area contributed by atoms with Gasteiger partial charge in [-0.15, -0.1) is 5.10 Å². The van der Waals surface area contributed by atoms with Crippen molar-refractivity contribution in [2.45, 2.75) is 26.2 Å². The van der Waals surface area contributed by atoms with Crippen LogP contribution in [0.15, 0.2) is 29.0 Å². The van der Waals surface area contributed by atoms with Gasteiger partial charge >= 0.3 is 6.18 Å². The molecule has 1 aromatic carbocycles. The normalized spacial score (nSPS) is 11.7. The first-order valence-electron chi connectivity index (χ1n) is 7.98. The largest absolute Gasteiger partial charge is 0.436 e. The number of hydrogen-bond acceptors (Lipinski definition) is 4. The van der Waals surface area contributed by atoms with Crippen molar-refractivity contribution in [3.63, 3.8) is 0 Å². The Morgan fingerprint density at radius 2 is 2.03 bits per heavy atom. The Labute approximate surface area is 174 Å². The highest BCUT2D eigenvalue weighted by Gasteiger charge is 2.38. The average molecular weight is 496 g/mol. The first-order valence-corrected chi connectivity index (χ1v) is 9.15. The predicted octanol–water partition coefficient (Wildman–Crippen LogP) is 4.04. The highest BCUT2D eigenvalue weighted by Crippen LogP contribution is 2.35. The molecule has 0 aliphatic carbocycles. The number of carbonyl (C=O) groups excluding carboxylic acids is 1. The first-order chi connectivity index (χ1) is 13.6. The molecule has 0 bridgehead atoms. The SMILES string of the molecule is Cc1c(Br)c(C(F)(F)F)nn1CC(=O)Nc1ncn(Cc2c(F)cccc2Cl)n1. The Morgan fingerprint density at radius 3 is 2.66 bits per heavy atom. The lowest BCUT2D eigenvalue weighted by Crippen LogP contribution is -2.21. The monoisotopic (exact) mass is 494 g/mol. The van der Waals surface area contributed by atoms with E-state index in [0.717, 1.165) is 4.68 Å². The van der Waals surface area contributed by atoms with Gasteiger partial charge in [0.05, 0.1) is 16.7 Å². The molecule has 3 rings (SSSR count). The van der Waals surface area contributed by atoms with Gasteiger partial charge in [-0.1, -0.05) is 17.7 Å². The van der Waals surface area contributed by atoms with E-state index in [1.165, 1.54) is 36.1 Å². The molecular weight excluding hydrogens is 484 g/mol. The third kappa shape index (κ3) is 4.75. The van der Waals surface area contributed by atoms with Gasteiger partial charge in [0, 0.05) is 10.6 Å². The lowest BCUT2D eigenvalue weighted by atomic mass is 10.2. The van der Waals surface area contributed by atoms with Crippen molar-refractivity contribution < 1.29 is 22.4 Å². The molecule has 0 saturated heterocycles. The minimum absolute atomic E-state index is 0.0193. The maximum Gasteiger partial charge on any atom is 0.436 e. The summed E-state index contributed by atoms with van der Waals surface area (Å²) in [6.45, 7) is 0.896. The molecule has 7 nitrogen and oxygen atoms in total. The molecular formula is C16H12BrClF4N6O. The molecule has 1 N–H and O–H groups in total. The number of carbonyl (C=O) groups is 1. The summed E-state index contributed by atoms with van der Waals surface area (Å²) >= 11 is 8.79. The van der Waals surface area contributed by atoms with Gasteiger partial charge in [-0.3, -0.25) is 14.8 Å². The number of benzene rings is 1. The van der Waals surface area contributed by atoms with Crippen LogP contribution in [0.3, 0.4) is 0 Å². The molecule has 2 aromatic heterocycles. The Morgan fingerprint density at radius 1 is 1.31 bits per heavy atom. The van der Waals surface area contributed by atoms with Crippen LogP contribution in [0.1, 0.15) is 17.0 Å². The number of hydrogen-bond donors (Lipinski definition) is 1. The highest BCUT2D eigenvalue weighted by atomic mass is 79.9. The van der Waals surface area contributed by atoms with Gasteiger partial charge in [-0.25, -0.2) is 14.1 Å². The number of rotatable bonds is 5. The van der Waals surface area contributed by atoms with Gasteiger partial charge in [0.1, 0.15) is 18.7 Å². The third-order valence-electron chi connectivity index (χ3n) is 3.86. The highest BCUT2D eigenvalue weighted by molar-refractivity contribution is 9.10. The van der Waals surface area contributed by atoms with Gasteiger partial charge in [0.15, 0.2) is 5.69 Å². The van der Waals surface area contributed by atoms with Gasteiger partial charge in [-0.2, -0.15) is 18.3 Å². The summed E-state index contributed by atoms with van der Waals surface area (Å²) in [4.78, 5) is 16.0. The molecule has 0 unspecified atom stereocenters. The molecule has 0 radical (unpaired) electrons. The van der Waals surface area contributed by atoms with Crippen LogP contribution in [0, 0.1) is 12.7 Å². The Balaban J connectivity index is 1.68. The van der Waals surface area contributed by atoms with Gasteiger partial charge in [0.2, 0.25) is 11.9 Å². The number of anilines is 1. The summed E-state index contributed by atoms with van der Waals surface area (Å²) in [6.07, 6.45) is -3.39. The summed E-state index contributed by atoms with van der Waals surface area (Å²) in [5.41, 5.74) is -0.777. The van der Waals surface area contributed by atoms with Gasteiger partial charge in [0.25, 0.3) is 0 Å². The van der Waals surface area contributed by atoms with E-state index in [2.05, 4.69) is 36.4 Å². The summed E-state index contributed by atoms with van der Waals surface area (Å²) in [5, 5.41) is 9.98. The minimum Gasteiger partial charge on any atom is -0.292 e. The summed E-state index contributed by atoms with van der Waals surface area (Å²) in [7, 11) is 0. The summed E-state index contributed by atoms with van der Waals surface area (Å²) in [6, 6.07) is 4.24. The Kier molecular flexibility index (Phi) is 5.94. The van der Waals surface area contributed by atoms with Crippen LogP contribution in [0.25, 0.3) is 0 Å². The number of alkyl halides is 3. The van der Waals surface area contributed by atoms with Crippen LogP contribution in [0.5, 0.6) is 0 Å². The number of amides is 1. The van der Waals surface area contributed by atoms with E-state index in [4.69, 9.17) is 11.6 Å². The lowest BCUT2D eigenvalue weighted by Gasteiger charge is -2.06. The predicted molar refractivity (Wildman–Crippen MR) is 98.8 cm³/mol. The van der Waals surface area contributed by atoms with Crippen LogP contribution in [-0.4, -0.2) is 30.5 Å². The Hall–Kier alpha value is -2.47. The van der Waals surface area contributed by atoms with Crippen LogP contribution in [0.4, 0.5) is 23.5 Å². The number of nitrogens with one attached hydrogen (secondary N) is 1. The quantitative estimate of drug-likeness (QED) is 0.542. The molecule has 0 aliphatic heterocycles. The van der Waals surface area contributed by atoms with Crippen molar-refractivity contribution >= 4 is 39.4 Å². The molecule has 0 spiro atoms. The van der Waals surface area contributed by atoms with Crippen molar-refractivity contribution in [2.75, 3.05) is 5.32 Å². The second-order valence-corrected chi connectivity index (χ2v) is 7.12. The summed E-state index contributed by atoms with van der Waals surface area (Å²) in [5.74, 6) is -1.29. The number of aromatic nitrogens is 5. The van der Waals surface area contributed by atoms with Crippen molar-refractivity contribution in [1.29, 1.82) is 0 Å². The van der Waals surface area contributed by atoms with Crippen molar-refractivity contribution in [2.24, 2.45) is 0 Å². The van der Waals surface area contributed by atoms with Crippen LogP contribution in [0.2, 0.25) is 5.02 Å². The van der Waals surface area contributed by atoms with E-state index in [1.807, 2.05) is 0 Å². The van der Waals surface area contributed by atoms with E-state index in [1.54, 1.807) is 0 Å². The van der Waals surface area contributed by atoms with Crippen LogP contribution < -0.4 is 5.32 Å². The first kappa shape index (κ1) is 21.2. The molecule has 1 amide bonds. The zero-order valence-corrected chi connectivity index (χ0v) is 17.0. The van der Waals surface area contributed by atoms with Crippen LogP contribution in [-0.2, 0) is 24.1 Å². The summed E-state index contributed by atoms with van der Waals surface area (Å²) < 4.78 is 54.5. The molecule has 0 fully saturated rings. The number of halogens is 6. The molecule has 13 heteroatoms.